The number of hydrogen-bond acceptors (Lipinski definition) is 5. The largest absolute Gasteiger partial charge is 0.369 e. The molecule has 0 N–H and O–H groups in total. The minimum atomic E-state index is -3.62. The second-order valence-electron chi connectivity index (χ2n) is 8.06. The van der Waals surface area contributed by atoms with Gasteiger partial charge in [0.1, 0.15) is 0 Å². The molecule has 2 aromatic heterocycles. The number of thiazole rings is 1. The molecule has 156 valence electrons. The molecule has 0 amide bonds. The summed E-state index contributed by atoms with van der Waals surface area (Å²) in [7, 11) is -3.62. The lowest BCUT2D eigenvalue weighted by atomic mass is 10.1. The molecule has 1 aromatic carbocycles. The van der Waals surface area contributed by atoms with Gasteiger partial charge in [-0.1, -0.05) is 26.0 Å². The Morgan fingerprint density at radius 2 is 1.76 bits per heavy atom. The van der Waals surface area contributed by atoms with Crippen molar-refractivity contribution in [2.75, 3.05) is 31.1 Å². The normalized spacial score (nSPS) is 16.3. The Hall–Kier alpha value is -1.90. The third-order valence-electron chi connectivity index (χ3n) is 5.71. The van der Waals surface area contributed by atoms with Crippen molar-refractivity contribution in [3.05, 3.63) is 46.1 Å². The molecule has 29 heavy (non-hydrogen) atoms. The zero-order valence-corrected chi connectivity index (χ0v) is 19.3. The molecular weight excluding hydrogens is 404 g/mol. The fraction of sp³-hybridized carbons (Fsp3) is 0.476. The molecule has 0 unspecified atom stereocenters. The number of imidazole rings is 1. The minimum Gasteiger partial charge on any atom is -0.369 e. The molecule has 3 aromatic rings. The van der Waals surface area contributed by atoms with E-state index < -0.39 is 10.0 Å². The highest BCUT2D eigenvalue weighted by Crippen LogP contribution is 2.32. The van der Waals surface area contributed by atoms with Crippen molar-refractivity contribution in [3.63, 3.8) is 0 Å². The molecule has 4 rings (SSSR count). The van der Waals surface area contributed by atoms with Crippen LogP contribution in [0, 0.1) is 20.8 Å². The summed E-state index contributed by atoms with van der Waals surface area (Å²) in [6.45, 7) is 12.5. The summed E-state index contributed by atoms with van der Waals surface area (Å²) in [5.74, 6) is 0.0448. The molecule has 0 radical (unpaired) electrons. The molecule has 0 saturated carbocycles. The van der Waals surface area contributed by atoms with Crippen molar-refractivity contribution in [2.24, 2.45) is 0 Å². The van der Waals surface area contributed by atoms with Crippen LogP contribution in [0.2, 0.25) is 0 Å². The number of rotatable bonds is 4. The molecule has 8 heteroatoms. The van der Waals surface area contributed by atoms with E-state index in [4.69, 9.17) is 0 Å². The number of fused-ring (bicyclic) bond motifs is 1. The van der Waals surface area contributed by atoms with Gasteiger partial charge >= 0.3 is 0 Å². The van der Waals surface area contributed by atoms with Gasteiger partial charge in [0.25, 0.3) is 10.0 Å². The Kier molecular flexibility index (Phi) is 5.21. The number of sulfonamides is 1. The number of hydrogen-bond donors (Lipinski definition) is 0. The fourth-order valence-corrected chi connectivity index (χ4v) is 6.67. The molecule has 1 saturated heterocycles. The Morgan fingerprint density at radius 3 is 2.41 bits per heavy atom. The average Bonchev–Trinajstić information content (AvgIpc) is 3.20. The van der Waals surface area contributed by atoms with Gasteiger partial charge in [-0.15, -0.1) is 11.3 Å². The van der Waals surface area contributed by atoms with Gasteiger partial charge < -0.3 is 4.90 Å². The molecule has 1 aliphatic rings. The van der Waals surface area contributed by atoms with Gasteiger partial charge in [0, 0.05) is 42.9 Å². The maximum Gasteiger partial charge on any atom is 0.261 e. The summed E-state index contributed by atoms with van der Waals surface area (Å²) in [5, 5.41) is 0.340. The van der Waals surface area contributed by atoms with Gasteiger partial charge in [0.15, 0.2) is 9.99 Å². The first-order chi connectivity index (χ1) is 13.7. The second-order valence-corrected chi connectivity index (χ2v) is 11.1. The average molecular weight is 433 g/mol. The molecule has 3 heterocycles. The van der Waals surface area contributed by atoms with Crippen LogP contribution in [0.25, 0.3) is 4.96 Å². The molecule has 1 fully saturated rings. The summed E-state index contributed by atoms with van der Waals surface area (Å²) >= 11 is 1.53. The highest BCUT2D eigenvalue weighted by molar-refractivity contribution is 7.89. The van der Waals surface area contributed by atoms with Gasteiger partial charge in [0.05, 0.1) is 5.69 Å². The Labute approximate surface area is 176 Å². The molecule has 6 nitrogen and oxygen atoms in total. The first-order valence-corrected chi connectivity index (χ1v) is 12.3. The van der Waals surface area contributed by atoms with E-state index in [9.17, 15) is 8.42 Å². The summed E-state index contributed by atoms with van der Waals surface area (Å²) < 4.78 is 30.6. The highest BCUT2D eigenvalue weighted by Gasteiger charge is 2.35. The van der Waals surface area contributed by atoms with Crippen LogP contribution in [0.15, 0.2) is 29.4 Å². The van der Waals surface area contributed by atoms with Crippen LogP contribution in [-0.2, 0) is 10.0 Å². The second kappa shape index (κ2) is 7.41. The van der Waals surface area contributed by atoms with Gasteiger partial charge in [-0.05, 0) is 43.9 Å². The molecular formula is C21H28N4O2S2. The fourth-order valence-electron chi connectivity index (χ4n) is 3.96. The van der Waals surface area contributed by atoms with Gasteiger partial charge in [-0.2, -0.15) is 4.31 Å². The Morgan fingerprint density at radius 1 is 1.07 bits per heavy atom. The van der Waals surface area contributed by atoms with Crippen molar-refractivity contribution in [3.8, 4) is 0 Å². The van der Waals surface area contributed by atoms with Crippen LogP contribution in [0.5, 0.6) is 0 Å². The first-order valence-electron chi connectivity index (χ1n) is 10.00. The topological polar surface area (TPSA) is 57.9 Å². The standard InChI is InChI=1S/C21H28N4O2S2/c1-14(2)19-20(25-13-16(4)28-21(25)22-19)29(26,27)24-11-9-23(10-12-24)18-8-6-7-15(3)17(18)5/h6-8,13-14H,9-12H2,1-5H3. The smallest absolute Gasteiger partial charge is 0.261 e. The van der Waals surface area contributed by atoms with E-state index in [1.165, 1.54) is 28.2 Å². The number of aryl methyl sites for hydroxylation is 2. The number of nitrogens with zero attached hydrogens (tertiary/aromatic N) is 4. The van der Waals surface area contributed by atoms with Crippen LogP contribution in [-0.4, -0.2) is 48.3 Å². The molecule has 1 aliphatic heterocycles. The van der Waals surface area contributed by atoms with E-state index in [0.717, 1.165) is 9.84 Å². The van der Waals surface area contributed by atoms with Crippen molar-refractivity contribution in [2.45, 2.75) is 45.6 Å². The first kappa shape index (κ1) is 20.4. The lowest BCUT2D eigenvalue weighted by Crippen LogP contribution is -2.49. The van der Waals surface area contributed by atoms with E-state index in [-0.39, 0.29) is 5.92 Å². The zero-order chi connectivity index (χ0) is 20.9. The predicted molar refractivity (Wildman–Crippen MR) is 119 cm³/mol. The maximum atomic E-state index is 13.6. The van der Waals surface area contributed by atoms with E-state index in [1.807, 2.05) is 27.0 Å². The minimum absolute atomic E-state index is 0.0448. The predicted octanol–water partition coefficient (Wildman–Crippen LogP) is 3.96. The summed E-state index contributed by atoms with van der Waals surface area (Å²) in [5.41, 5.74) is 4.38. The van der Waals surface area contributed by atoms with Crippen LogP contribution in [0.4, 0.5) is 5.69 Å². The van der Waals surface area contributed by atoms with E-state index in [0.29, 0.717) is 36.9 Å². The van der Waals surface area contributed by atoms with E-state index in [1.54, 1.807) is 8.71 Å². The monoisotopic (exact) mass is 432 g/mol. The van der Waals surface area contributed by atoms with Crippen molar-refractivity contribution < 1.29 is 8.42 Å². The maximum absolute atomic E-state index is 13.6. The SMILES string of the molecule is Cc1cn2c(S(=O)(=O)N3CCN(c4cccc(C)c4C)CC3)c(C(C)C)nc2s1. The van der Waals surface area contributed by atoms with Crippen LogP contribution < -0.4 is 4.90 Å². The lowest BCUT2D eigenvalue weighted by Gasteiger charge is -2.36. The Bertz CT molecular complexity index is 1150. The van der Waals surface area contributed by atoms with Gasteiger partial charge in [-0.3, -0.25) is 4.40 Å². The van der Waals surface area contributed by atoms with Crippen molar-refractivity contribution >= 4 is 32.0 Å². The number of aromatic nitrogens is 2. The zero-order valence-electron chi connectivity index (χ0n) is 17.6. The number of piperazine rings is 1. The van der Waals surface area contributed by atoms with Gasteiger partial charge in [0.2, 0.25) is 0 Å². The number of benzene rings is 1. The third kappa shape index (κ3) is 3.47. The van der Waals surface area contributed by atoms with E-state index >= 15 is 0 Å². The molecule has 0 atom stereocenters. The summed E-state index contributed by atoms with van der Waals surface area (Å²) in [6, 6.07) is 6.30. The summed E-state index contributed by atoms with van der Waals surface area (Å²) in [6.07, 6.45) is 1.89. The molecule has 0 spiro atoms. The summed E-state index contributed by atoms with van der Waals surface area (Å²) in [4.78, 5) is 8.74. The third-order valence-corrected chi connectivity index (χ3v) is 8.55. The van der Waals surface area contributed by atoms with Crippen LogP contribution in [0.1, 0.15) is 41.5 Å². The van der Waals surface area contributed by atoms with Crippen LogP contribution >= 0.6 is 11.3 Å². The van der Waals surface area contributed by atoms with E-state index in [2.05, 4.69) is 41.9 Å². The van der Waals surface area contributed by atoms with Gasteiger partial charge in [-0.25, -0.2) is 13.4 Å². The Balaban J connectivity index is 1.64. The molecule has 0 aliphatic carbocycles. The lowest BCUT2D eigenvalue weighted by molar-refractivity contribution is 0.382. The quantitative estimate of drug-likeness (QED) is 0.626. The highest BCUT2D eigenvalue weighted by atomic mass is 32.2. The van der Waals surface area contributed by atoms with Crippen molar-refractivity contribution in [1.29, 1.82) is 0 Å². The number of anilines is 1. The molecule has 0 bridgehead atoms. The van der Waals surface area contributed by atoms with Crippen molar-refractivity contribution in [1.82, 2.24) is 13.7 Å². The van der Waals surface area contributed by atoms with Crippen LogP contribution in [0.3, 0.4) is 0 Å².